The number of para-hydroxylation sites is 1. The largest absolute Gasteiger partial charge is 0.325 e. The summed E-state index contributed by atoms with van der Waals surface area (Å²) >= 11 is 0. The van der Waals surface area contributed by atoms with E-state index in [0.717, 1.165) is 22.7 Å². The lowest BCUT2D eigenvalue weighted by Gasteiger charge is -2.26. The predicted octanol–water partition coefficient (Wildman–Crippen LogP) is 3.87. The number of hydrogen-bond acceptors (Lipinski definition) is 5. The minimum atomic E-state index is -4.02. The molecule has 0 aliphatic carbocycles. The van der Waals surface area contributed by atoms with Crippen molar-refractivity contribution in [2.75, 3.05) is 29.3 Å². The second-order valence-electron chi connectivity index (χ2n) is 8.49. The van der Waals surface area contributed by atoms with Crippen LogP contribution in [0.4, 0.5) is 11.4 Å². The summed E-state index contributed by atoms with van der Waals surface area (Å²) in [6.45, 7) is 2.49. The van der Waals surface area contributed by atoms with E-state index >= 15 is 0 Å². The quantitative estimate of drug-likeness (QED) is 0.455. The number of anilines is 2. The van der Waals surface area contributed by atoms with Gasteiger partial charge >= 0.3 is 0 Å². The number of nitrogens with one attached hydrogen (secondary N) is 1. The van der Waals surface area contributed by atoms with Crippen LogP contribution in [0.5, 0.6) is 0 Å². The predicted molar refractivity (Wildman–Crippen MR) is 140 cm³/mol. The van der Waals surface area contributed by atoms with Gasteiger partial charge in [0.15, 0.2) is 0 Å². The average Bonchev–Trinajstić information content (AvgIpc) is 3.44. The Morgan fingerprint density at radius 2 is 1.44 bits per heavy atom. The summed E-state index contributed by atoms with van der Waals surface area (Å²) in [5, 5.41) is 2.70. The van der Waals surface area contributed by atoms with Crippen molar-refractivity contribution >= 4 is 37.3 Å². The van der Waals surface area contributed by atoms with Gasteiger partial charge in [-0.15, -0.1) is 0 Å². The molecule has 190 valence electrons. The van der Waals surface area contributed by atoms with E-state index in [9.17, 15) is 21.6 Å². The van der Waals surface area contributed by atoms with Gasteiger partial charge in [0, 0.05) is 18.8 Å². The van der Waals surface area contributed by atoms with Crippen LogP contribution in [-0.2, 0) is 31.3 Å². The summed E-state index contributed by atoms with van der Waals surface area (Å²) in [6.07, 6.45) is 2.28. The molecule has 0 saturated carbocycles. The minimum absolute atomic E-state index is 0.0835. The van der Waals surface area contributed by atoms with Gasteiger partial charge in [-0.3, -0.25) is 9.10 Å². The first kappa shape index (κ1) is 25.9. The Morgan fingerprint density at radius 1 is 0.833 bits per heavy atom. The number of rotatable bonds is 9. The molecule has 4 rings (SSSR count). The van der Waals surface area contributed by atoms with Crippen molar-refractivity contribution in [3.05, 3.63) is 84.4 Å². The maximum absolute atomic E-state index is 13.5. The summed E-state index contributed by atoms with van der Waals surface area (Å²) < 4.78 is 55.1. The highest BCUT2D eigenvalue weighted by Gasteiger charge is 2.29. The van der Waals surface area contributed by atoms with E-state index in [4.69, 9.17) is 0 Å². The maximum atomic E-state index is 13.5. The SMILES string of the molecule is CCc1ccccc1N(CC(=O)Nc1ccc(S(=O)(=O)N2CCCC2)cc1)S(=O)(=O)c1ccccc1. The third kappa shape index (κ3) is 5.45. The van der Waals surface area contributed by atoms with Gasteiger partial charge in [-0.05, 0) is 67.3 Å². The van der Waals surface area contributed by atoms with Gasteiger partial charge in [-0.1, -0.05) is 43.3 Å². The van der Waals surface area contributed by atoms with Gasteiger partial charge in [0.2, 0.25) is 15.9 Å². The Balaban J connectivity index is 1.57. The molecular weight excluding hydrogens is 498 g/mol. The van der Waals surface area contributed by atoms with Crippen LogP contribution >= 0.6 is 0 Å². The highest BCUT2D eigenvalue weighted by atomic mass is 32.2. The van der Waals surface area contributed by atoms with Crippen molar-refractivity contribution in [2.45, 2.75) is 36.0 Å². The Bertz CT molecular complexity index is 1420. The van der Waals surface area contributed by atoms with E-state index in [1.165, 1.54) is 40.7 Å². The van der Waals surface area contributed by atoms with E-state index in [-0.39, 0.29) is 9.79 Å². The number of nitrogens with zero attached hydrogens (tertiary/aromatic N) is 2. The highest BCUT2D eigenvalue weighted by molar-refractivity contribution is 7.92. The molecule has 1 aliphatic rings. The molecule has 1 amide bonds. The Hall–Kier alpha value is -3.21. The van der Waals surface area contributed by atoms with Crippen LogP contribution < -0.4 is 9.62 Å². The number of carbonyl (C=O) groups excluding carboxylic acids is 1. The fraction of sp³-hybridized carbons (Fsp3) is 0.269. The van der Waals surface area contributed by atoms with Gasteiger partial charge in [-0.2, -0.15) is 4.31 Å². The number of carbonyl (C=O) groups is 1. The van der Waals surface area contributed by atoms with Crippen LogP contribution in [0.1, 0.15) is 25.3 Å². The summed E-state index contributed by atoms with van der Waals surface area (Å²) in [5.74, 6) is -0.546. The van der Waals surface area contributed by atoms with Gasteiger partial charge in [0.05, 0.1) is 15.5 Å². The summed E-state index contributed by atoms with van der Waals surface area (Å²) in [4.78, 5) is 13.3. The summed E-state index contributed by atoms with van der Waals surface area (Å²) in [7, 11) is -7.59. The van der Waals surface area contributed by atoms with Crippen LogP contribution in [0.3, 0.4) is 0 Å². The lowest BCUT2D eigenvalue weighted by molar-refractivity contribution is -0.114. The third-order valence-electron chi connectivity index (χ3n) is 6.10. The molecule has 1 heterocycles. The van der Waals surface area contributed by atoms with Crippen molar-refractivity contribution < 1.29 is 21.6 Å². The van der Waals surface area contributed by atoms with Gasteiger partial charge in [0.25, 0.3) is 10.0 Å². The molecular formula is C26H29N3O5S2. The van der Waals surface area contributed by atoms with Gasteiger partial charge in [0.1, 0.15) is 6.54 Å². The van der Waals surface area contributed by atoms with Crippen LogP contribution in [-0.4, -0.2) is 46.7 Å². The molecule has 10 heteroatoms. The van der Waals surface area contributed by atoms with Crippen molar-refractivity contribution in [3.63, 3.8) is 0 Å². The molecule has 8 nitrogen and oxygen atoms in total. The molecule has 1 N–H and O–H groups in total. The summed E-state index contributed by atoms with van der Waals surface area (Å²) in [6, 6.07) is 21.0. The molecule has 0 aromatic heterocycles. The number of benzene rings is 3. The minimum Gasteiger partial charge on any atom is -0.325 e. The number of aryl methyl sites for hydroxylation is 1. The first-order valence-corrected chi connectivity index (χ1v) is 14.7. The average molecular weight is 528 g/mol. The molecule has 1 fully saturated rings. The smallest absolute Gasteiger partial charge is 0.264 e. The third-order valence-corrected chi connectivity index (χ3v) is 9.79. The topological polar surface area (TPSA) is 104 Å². The molecule has 0 bridgehead atoms. The fourth-order valence-corrected chi connectivity index (χ4v) is 7.19. The molecule has 0 radical (unpaired) electrons. The van der Waals surface area contributed by atoms with Crippen molar-refractivity contribution in [1.29, 1.82) is 0 Å². The number of hydrogen-bond donors (Lipinski definition) is 1. The van der Waals surface area contributed by atoms with E-state index in [2.05, 4.69) is 5.32 Å². The molecule has 36 heavy (non-hydrogen) atoms. The van der Waals surface area contributed by atoms with E-state index in [1.807, 2.05) is 19.1 Å². The van der Waals surface area contributed by atoms with Crippen LogP contribution in [0.25, 0.3) is 0 Å². The molecule has 0 atom stereocenters. The van der Waals surface area contributed by atoms with Crippen LogP contribution in [0.15, 0.2) is 88.7 Å². The summed E-state index contributed by atoms with van der Waals surface area (Å²) in [5.41, 5.74) is 1.61. The first-order chi connectivity index (χ1) is 17.2. The van der Waals surface area contributed by atoms with Crippen molar-refractivity contribution in [2.24, 2.45) is 0 Å². The van der Waals surface area contributed by atoms with Gasteiger partial charge < -0.3 is 5.32 Å². The van der Waals surface area contributed by atoms with Crippen molar-refractivity contribution in [3.8, 4) is 0 Å². The number of sulfonamides is 2. The fourth-order valence-electron chi connectivity index (χ4n) is 4.19. The molecule has 1 aliphatic heterocycles. The lowest BCUT2D eigenvalue weighted by Crippen LogP contribution is -2.38. The normalized spacial score (nSPS) is 14.5. The molecule has 0 unspecified atom stereocenters. The Kier molecular flexibility index (Phi) is 7.77. The highest BCUT2D eigenvalue weighted by Crippen LogP contribution is 2.28. The zero-order valence-electron chi connectivity index (χ0n) is 20.0. The lowest BCUT2D eigenvalue weighted by atomic mass is 10.1. The van der Waals surface area contributed by atoms with E-state index in [1.54, 1.807) is 30.3 Å². The van der Waals surface area contributed by atoms with E-state index in [0.29, 0.717) is 30.9 Å². The maximum Gasteiger partial charge on any atom is 0.264 e. The zero-order chi connectivity index (χ0) is 25.8. The first-order valence-electron chi connectivity index (χ1n) is 11.8. The van der Waals surface area contributed by atoms with Crippen LogP contribution in [0, 0.1) is 0 Å². The van der Waals surface area contributed by atoms with Gasteiger partial charge in [-0.25, -0.2) is 16.8 Å². The van der Waals surface area contributed by atoms with Crippen molar-refractivity contribution in [1.82, 2.24) is 4.31 Å². The molecule has 1 saturated heterocycles. The molecule has 0 spiro atoms. The zero-order valence-corrected chi connectivity index (χ0v) is 21.6. The van der Waals surface area contributed by atoms with Crippen LogP contribution in [0.2, 0.25) is 0 Å². The monoisotopic (exact) mass is 527 g/mol. The second kappa shape index (κ2) is 10.8. The Morgan fingerprint density at radius 3 is 2.08 bits per heavy atom. The molecule has 3 aromatic rings. The number of amides is 1. The standard InChI is InChI=1S/C26H29N3O5S2/c1-2-21-10-6-7-13-25(21)29(36(33,34)23-11-4-3-5-12-23)20-26(30)27-22-14-16-24(17-15-22)35(31,32)28-18-8-9-19-28/h3-7,10-17H,2,8-9,18-20H2,1H3,(H,27,30). The molecule has 3 aromatic carbocycles. The Labute approximate surface area is 212 Å². The second-order valence-corrected chi connectivity index (χ2v) is 12.3. The van der Waals surface area contributed by atoms with E-state index < -0.39 is 32.5 Å².